The number of carbonyl (C=O) groups excluding carboxylic acids is 1. The fourth-order valence-corrected chi connectivity index (χ4v) is 2.89. The first-order valence-corrected chi connectivity index (χ1v) is 8.35. The van der Waals surface area contributed by atoms with Gasteiger partial charge in [0.2, 0.25) is 11.6 Å². The average molecular weight is 354 g/mol. The maximum Gasteiger partial charge on any atom is 0.267 e. The van der Waals surface area contributed by atoms with Crippen LogP contribution < -0.4 is 15.6 Å². The van der Waals surface area contributed by atoms with Crippen molar-refractivity contribution in [2.24, 2.45) is 0 Å². The van der Waals surface area contributed by atoms with E-state index in [-0.39, 0.29) is 41.7 Å². The Morgan fingerprint density at radius 3 is 2.77 bits per heavy atom. The van der Waals surface area contributed by atoms with Gasteiger partial charge in [0, 0.05) is 30.7 Å². The monoisotopic (exact) mass is 354 g/mol. The van der Waals surface area contributed by atoms with Crippen LogP contribution in [0.4, 0.5) is 0 Å². The maximum atomic E-state index is 12.1. The Balaban J connectivity index is 1.48. The molecular formula is C17H18N6O3. The number of carbonyl (C=O) groups is 1. The molecule has 2 aromatic heterocycles. The van der Waals surface area contributed by atoms with E-state index in [4.69, 9.17) is 10.00 Å². The summed E-state index contributed by atoms with van der Waals surface area (Å²) in [5.74, 6) is 0.00729. The third kappa shape index (κ3) is 4.42. The van der Waals surface area contributed by atoms with Crippen LogP contribution in [0.25, 0.3) is 0 Å². The van der Waals surface area contributed by atoms with E-state index in [1.165, 1.54) is 30.7 Å². The Hall–Kier alpha value is -3.28. The average Bonchev–Trinajstić information content (AvgIpc) is 2.66. The molecule has 134 valence electrons. The predicted molar refractivity (Wildman–Crippen MR) is 90.1 cm³/mol. The van der Waals surface area contributed by atoms with Crippen LogP contribution in [0.15, 0.2) is 35.5 Å². The van der Waals surface area contributed by atoms with Gasteiger partial charge in [0.25, 0.3) is 11.4 Å². The van der Waals surface area contributed by atoms with Crippen molar-refractivity contribution in [3.8, 4) is 11.9 Å². The Bertz CT molecular complexity index is 867. The molecule has 1 saturated carbocycles. The van der Waals surface area contributed by atoms with Crippen LogP contribution in [-0.4, -0.2) is 37.8 Å². The molecule has 0 bridgehead atoms. The number of nitrogens with zero attached hydrogens (tertiary/aromatic N) is 5. The van der Waals surface area contributed by atoms with E-state index >= 15 is 0 Å². The highest BCUT2D eigenvalue weighted by Crippen LogP contribution is 2.23. The number of amides is 1. The van der Waals surface area contributed by atoms with Gasteiger partial charge < -0.3 is 10.1 Å². The maximum absolute atomic E-state index is 12.1. The Kier molecular flexibility index (Phi) is 5.53. The lowest BCUT2D eigenvalue weighted by Crippen LogP contribution is -2.42. The molecule has 0 aromatic carbocycles. The number of hydrogen-bond donors (Lipinski definition) is 1. The van der Waals surface area contributed by atoms with E-state index in [9.17, 15) is 9.59 Å². The zero-order valence-corrected chi connectivity index (χ0v) is 14.0. The first-order chi connectivity index (χ1) is 12.7. The molecule has 0 atom stereocenters. The van der Waals surface area contributed by atoms with Crippen molar-refractivity contribution in [2.75, 3.05) is 0 Å². The van der Waals surface area contributed by atoms with Gasteiger partial charge in [-0.3, -0.25) is 9.59 Å². The van der Waals surface area contributed by atoms with Gasteiger partial charge in [-0.15, -0.1) is 0 Å². The SMILES string of the molecule is N#Cc1nccnc1OC1CCC(NC(=O)Cn2ncccc2=O)CC1. The highest BCUT2D eigenvalue weighted by atomic mass is 16.5. The molecule has 2 heterocycles. The normalized spacial score (nSPS) is 19.3. The van der Waals surface area contributed by atoms with Gasteiger partial charge in [0.05, 0.1) is 0 Å². The summed E-state index contributed by atoms with van der Waals surface area (Å²) in [6.45, 7) is -0.0960. The van der Waals surface area contributed by atoms with Crippen molar-refractivity contribution in [3.63, 3.8) is 0 Å². The number of rotatable bonds is 5. The third-order valence-electron chi connectivity index (χ3n) is 4.17. The number of nitriles is 1. The summed E-state index contributed by atoms with van der Waals surface area (Å²) in [6, 6.07) is 4.89. The summed E-state index contributed by atoms with van der Waals surface area (Å²) in [5, 5.41) is 15.8. The Labute approximate surface area is 149 Å². The van der Waals surface area contributed by atoms with Gasteiger partial charge in [-0.05, 0) is 31.7 Å². The highest BCUT2D eigenvalue weighted by molar-refractivity contribution is 5.75. The first-order valence-electron chi connectivity index (χ1n) is 8.35. The van der Waals surface area contributed by atoms with Crippen LogP contribution >= 0.6 is 0 Å². The second kappa shape index (κ2) is 8.20. The zero-order valence-electron chi connectivity index (χ0n) is 14.0. The predicted octanol–water partition coefficient (Wildman–Crippen LogP) is 0.411. The van der Waals surface area contributed by atoms with E-state index in [1.54, 1.807) is 0 Å². The van der Waals surface area contributed by atoms with Crippen LogP contribution in [-0.2, 0) is 11.3 Å². The quantitative estimate of drug-likeness (QED) is 0.825. The van der Waals surface area contributed by atoms with E-state index in [0.717, 1.165) is 30.4 Å². The minimum atomic E-state index is -0.308. The van der Waals surface area contributed by atoms with Gasteiger partial charge in [-0.2, -0.15) is 10.4 Å². The lowest BCUT2D eigenvalue weighted by atomic mass is 9.93. The van der Waals surface area contributed by atoms with E-state index in [1.807, 2.05) is 6.07 Å². The number of nitrogens with one attached hydrogen (secondary N) is 1. The van der Waals surface area contributed by atoms with Gasteiger partial charge in [-0.1, -0.05) is 0 Å². The zero-order chi connectivity index (χ0) is 18.4. The van der Waals surface area contributed by atoms with E-state index in [0.29, 0.717) is 0 Å². The summed E-state index contributed by atoms with van der Waals surface area (Å²) in [5.41, 5.74) is -0.138. The lowest BCUT2D eigenvalue weighted by molar-refractivity contribution is -0.123. The van der Waals surface area contributed by atoms with Gasteiger partial charge in [0.15, 0.2) is 0 Å². The van der Waals surface area contributed by atoms with E-state index in [2.05, 4.69) is 20.4 Å². The molecule has 1 aliphatic rings. The van der Waals surface area contributed by atoms with Crippen LogP contribution in [0.5, 0.6) is 5.88 Å². The molecule has 1 N–H and O–H groups in total. The Morgan fingerprint density at radius 2 is 2.04 bits per heavy atom. The molecular weight excluding hydrogens is 336 g/mol. The fourth-order valence-electron chi connectivity index (χ4n) is 2.89. The first kappa shape index (κ1) is 17.5. The van der Waals surface area contributed by atoms with Crippen LogP contribution in [0.3, 0.4) is 0 Å². The van der Waals surface area contributed by atoms with Gasteiger partial charge in [0.1, 0.15) is 18.7 Å². The standard InChI is InChI=1S/C17H18N6O3/c18-10-14-17(20-9-8-19-14)26-13-5-3-12(4-6-13)22-15(24)11-23-16(25)2-1-7-21-23/h1-2,7-9,12-13H,3-6,11H2,(H,22,24). The summed E-state index contributed by atoms with van der Waals surface area (Å²) in [7, 11) is 0. The minimum absolute atomic E-state index is 0.0269. The molecule has 0 saturated heterocycles. The second-order valence-corrected chi connectivity index (χ2v) is 6.00. The van der Waals surface area contributed by atoms with Gasteiger partial charge in [-0.25, -0.2) is 14.6 Å². The third-order valence-corrected chi connectivity index (χ3v) is 4.17. The molecule has 1 fully saturated rings. The number of hydrogen-bond acceptors (Lipinski definition) is 7. The van der Waals surface area contributed by atoms with Gasteiger partial charge >= 0.3 is 0 Å². The van der Waals surface area contributed by atoms with Crippen molar-refractivity contribution in [1.82, 2.24) is 25.1 Å². The molecule has 2 aromatic rings. The van der Waals surface area contributed by atoms with Crippen molar-refractivity contribution in [2.45, 2.75) is 44.4 Å². The minimum Gasteiger partial charge on any atom is -0.472 e. The largest absolute Gasteiger partial charge is 0.472 e. The highest BCUT2D eigenvalue weighted by Gasteiger charge is 2.25. The molecule has 9 heteroatoms. The van der Waals surface area contributed by atoms with Crippen LogP contribution in [0, 0.1) is 11.3 Å². The molecule has 0 aliphatic heterocycles. The summed E-state index contributed by atoms with van der Waals surface area (Å²) < 4.78 is 6.90. The summed E-state index contributed by atoms with van der Waals surface area (Å²) >= 11 is 0. The van der Waals surface area contributed by atoms with Crippen LogP contribution in [0.1, 0.15) is 31.4 Å². The Morgan fingerprint density at radius 1 is 1.27 bits per heavy atom. The molecule has 0 spiro atoms. The second-order valence-electron chi connectivity index (χ2n) is 6.00. The van der Waals surface area contributed by atoms with Crippen molar-refractivity contribution >= 4 is 5.91 Å². The smallest absolute Gasteiger partial charge is 0.267 e. The molecule has 1 aliphatic carbocycles. The number of ether oxygens (including phenoxy) is 1. The molecule has 26 heavy (non-hydrogen) atoms. The molecule has 1 amide bonds. The summed E-state index contributed by atoms with van der Waals surface area (Å²) in [4.78, 5) is 31.7. The fraction of sp³-hybridized carbons (Fsp3) is 0.412. The molecule has 0 radical (unpaired) electrons. The molecule has 9 nitrogen and oxygen atoms in total. The molecule has 3 rings (SSSR count). The lowest BCUT2D eigenvalue weighted by Gasteiger charge is -2.29. The molecule has 0 unspecified atom stereocenters. The van der Waals surface area contributed by atoms with E-state index < -0.39 is 0 Å². The topological polar surface area (TPSA) is 123 Å². The van der Waals surface area contributed by atoms with Crippen molar-refractivity contribution in [3.05, 3.63) is 46.8 Å². The van der Waals surface area contributed by atoms with Crippen LogP contribution in [0.2, 0.25) is 0 Å². The van der Waals surface area contributed by atoms with Crippen molar-refractivity contribution < 1.29 is 9.53 Å². The van der Waals surface area contributed by atoms with Crippen molar-refractivity contribution in [1.29, 1.82) is 5.26 Å². The summed E-state index contributed by atoms with van der Waals surface area (Å²) in [6.07, 6.45) is 7.30. The number of aromatic nitrogens is 4.